The van der Waals surface area contributed by atoms with Crippen LogP contribution in [0.5, 0.6) is 0 Å². The molecule has 0 atom stereocenters. The van der Waals surface area contributed by atoms with E-state index in [0.29, 0.717) is 0 Å². The first-order chi connectivity index (χ1) is 6.13. The lowest BCUT2D eigenvalue weighted by Crippen LogP contribution is -1.99. The summed E-state index contributed by atoms with van der Waals surface area (Å²) in [7, 11) is 8.00. The zero-order valence-electron chi connectivity index (χ0n) is 8.94. The van der Waals surface area contributed by atoms with E-state index in [1.165, 1.54) is 0 Å². The van der Waals surface area contributed by atoms with Gasteiger partial charge in [0, 0.05) is 20.2 Å². The van der Waals surface area contributed by atoms with Crippen LogP contribution in [0.2, 0.25) is 0 Å². The van der Waals surface area contributed by atoms with Crippen molar-refractivity contribution in [3.8, 4) is 0 Å². The van der Waals surface area contributed by atoms with E-state index in [9.17, 15) is 0 Å². The second-order valence-corrected chi connectivity index (χ2v) is 3.19. The van der Waals surface area contributed by atoms with Crippen LogP contribution >= 0.6 is 0 Å². The van der Waals surface area contributed by atoms with Crippen molar-refractivity contribution in [3.05, 3.63) is 36.6 Å². The van der Waals surface area contributed by atoms with E-state index in [-0.39, 0.29) is 0 Å². The molecule has 0 aliphatic carbocycles. The Morgan fingerprint density at radius 2 is 1.38 bits per heavy atom. The number of allylic oxidation sites excluding steroid dienone is 5. The summed E-state index contributed by atoms with van der Waals surface area (Å²) in [6.07, 6.45) is 14.0. The molecule has 0 rings (SSSR count). The first-order valence-corrected chi connectivity index (χ1v) is 4.31. The Morgan fingerprint density at radius 3 is 1.92 bits per heavy atom. The number of rotatable bonds is 4. The fraction of sp³-hybridized carbons (Fsp3) is 0.364. The summed E-state index contributed by atoms with van der Waals surface area (Å²) in [6, 6.07) is 0. The van der Waals surface area contributed by atoms with Gasteiger partial charge in [-0.3, -0.25) is 0 Å². The third-order valence-electron chi connectivity index (χ3n) is 1.21. The Hall–Kier alpha value is -1.31. The maximum atomic E-state index is 2.00. The van der Waals surface area contributed by atoms with Gasteiger partial charge in [0.2, 0.25) is 0 Å². The lowest BCUT2D eigenvalue weighted by Gasteiger charge is -2.00. The van der Waals surface area contributed by atoms with Gasteiger partial charge >= 0.3 is 0 Å². The molecule has 0 saturated heterocycles. The van der Waals surface area contributed by atoms with Crippen molar-refractivity contribution in [2.45, 2.75) is 0 Å². The van der Waals surface area contributed by atoms with E-state index in [1.54, 1.807) is 0 Å². The normalized spacial score (nSPS) is 11.7. The summed E-state index contributed by atoms with van der Waals surface area (Å²) in [5.74, 6) is 0. The Kier molecular flexibility index (Phi) is 6.60. The molecule has 0 bridgehead atoms. The Bertz CT molecular complexity index is 228. The van der Waals surface area contributed by atoms with Crippen molar-refractivity contribution in [1.82, 2.24) is 4.90 Å². The lowest BCUT2D eigenvalue weighted by atomic mass is 10.4. The highest BCUT2D eigenvalue weighted by Crippen LogP contribution is 1.81. The molecule has 2 nitrogen and oxygen atoms in total. The summed E-state index contributed by atoms with van der Waals surface area (Å²) >= 11 is 0. The fourth-order valence-corrected chi connectivity index (χ4v) is 0.636. The highest BCUT2D eigenvalue weighted by Gasteiger charge is 1.73. The van der Waals surface area contributed by atoms with Crippen molar-refractivity contribution >= 4 is 6.21 Å². The molecule has 0 radical (unpaired) electrons. The summed E-state index contributed by atoms with van der Waals surface area (Å²) in [6.45, 7) is 0. The predicted octanol–water partition coefficient (Wildman–Crippen LogP) is 1.52. The monoisotopic (exact) mass is 179 g/mol. The van der Waals surface area contributed by atoms with Gasteiger partial charge in [0.25, 0.3) is 0 Å². The predicted molar refractivity (Wildman–Crippen MR) is 59.3 cm³/mol. The Balaban J connectivity index is 3.76. The van der Waals surface area contributed by atoms with Crippen LogP contribution in [0.1, 0.15) is 0 Å². The van der Waals surface area contributed by atoms with Crippen LogP contribution in [0.15, 0.2) is 36.6 Å². The van der Waals surface area contributed by atoms with Gasteiger partial charge in [0.15, 0.2) is 6.21 Å². The summed E-state index contributed by atoms with van der Waals surface area (Å²) in [5.41, 5.74) is 0. The van der Waals surface area contributed by atoms with Crippen LogP contribution in [0, 0.1) is 0 Å². The summed E-state index contributed by atoms with van der Waals surface area (Å²) in [4.78, 5) is 2.00. The molecule has 0 amide bonds. The second-order valence-electron chi connectivity index (χ2n) is 3.19. The van der Waals surface area contributed by atoms with Crippen molar-refractivity contribution < 1.29 is 4.58 Å². The maximum Gasteiger partial charge on any atom is 0.162 e. The van der Waals surface area contributed by atoms with E-state index in [2.05, 4.69) is 0 Å². The topological polar surface area (TPSA) is 6.25 Å². The highest BCUT2D eigenvalue weighted by atomic mass is 15.0. The third kappa shape index (κ3) is 10.7. The minimum absolute atomic E-state index is 2.00. The average Bonchev–Trinajstić information content (AvgIpc) is 2.01. The molecule has 0 aromatic rings. The van der Waals surface area contributed by atoms with Gasteiger partial charge in [-0.25, -0.2) is 4.58 Å². The van der Waals surface area contributed by atoms with E-state index in [1.807, 2.05) is 80.5 Å². The molecule has 2 heteroatoms. The van der Waals surface area contributed by atoms with Crippen LogP contribution in [-0.4, -0.2) is 43.9 Å². The molecule has 0 heterocycles. The van der Waals surface area contributed by atoms with Crippen molar-refractivity contribution in [2.75, 3.05) is 28.2 Å². The largest absolute Gasteiger partial charge is 0.383 e. The maximum absolute atomic E-state index is 2.00. The van der Waals surface area contributed by atoms with Gasteiger partial charge in [0.05, 0.1) is 0 Å². The van der Waals surface area contributed by atoms with Gasteiger partial charge in [-0.2, -0.15) is 0 Å². The van der Waals surface area contributed by atoms with Crippen molar-refractivity contribution in [1.29, 1.82) is 0 Å². The highest BCUT2D eigenvalue weighted by molar-refractivity contribution is 5.66. The minimum Gasteiger partial charge on any atom is -0.383 e. The standard InChI is InChI=1S/C11H19N2/c1-12(2)10-8-6-5-7-9-11-13(3)4/h5-11H,1-4H3/q+1. The lowest BCUT2D eigenvalue weighted by molar-refractivity contribution is -0.458. The molecular formula is C11H19N2+. The minimum atomic E-state index is 2.00. The molecule has 0 unspecified atom stereocenters. The van der Waals surface area contributed by atoms with Gasteiger partial charge in [0.1, 0.15) is 14.1 Å². The molecule has 0 aliphatic rings. The summed E-state index contributed by atoms with van der Waals surface area (Å²) in [5, 5.41) is 0. The third-order valence-corrected chi connectivity index (χ3v) is 1.21. The molecule has 0 spiro atoms. The number of nitrogens with zero attached hydrogens (tertiary/aromatic N) is 2. The molecule has 0 aromatic carbocycles. The van der Waals surface area contributed by atoms with Crippen LogP contribution < -0.4 is 0 Å². The van der Waals surface area contributed by atoms with Gasteiger partial charge in [-0.15, -0.1) is 0 Å². The molecule has 0 saturated carbocycles. The van der Waals surface area contributed by atoms with E-state index < -0.39 is 0 Å². The molecule has 0 aromatic heterocycles. The van der Waals surface area contributed by atoms with Crippen LogP contribution in [-0.2, 0) is 0 Å². The SMILES string of the molecule is CN(C)C=CC=CC=CC=[N+](C)C. The number of hydrogen-bond acceptors (Lipinski definition) is 1. The van der Waals surface area contributed by atoms with E-state index >= 15 is 0 Å². The molecule has 0 fully saturated rings. The van der Waals surface area contributed by atoms with Gasteiger partial charge in [-0.1, -0.05) is 18.2 Å². The first-order valence-electron chi connectivity index (χ1n) is 4.31. The van der Waals surface area contributed by atoms with Gasteiger partial charge in [-0.05, 0) is 12.3 Å². The molecule has 13 heavy (non-hydrogen) atoms. The zero-order chi connectivity index (χ0) is 10.1. The summed E-state index contributed by atoms with van der Waals surface area (Å²) < 4.78 is 2.00. The Labute approximate surface area is 81.2 Å². The van der Waals surface area contributed by atoms with Crippen LogP contribution in [0.25, 0.3) is 0 Å². The molecular weight excluding hydrogens is 160 g/mol. The molecule has 0 N–H and O–H groups in total. The van der Waals surface area contributed by atoms with Gasteiger partial charge < -0.3 is 4.90 Å². The second kappa shape index (κ2) is 7.35. The van der Waals surface area contributed by atoms with Crippen molar-refractivity contribution in [3.63, 3.8) is 0 Å². The Morgan fingerprint density at radius 1 is 0.846 bits per heavy atom. The van der Waals surface area contributed by atoms with Crippen LogP contribution in [0.4, 0.5) is 0 Å². The van der Waals surface area contributed by atoms with E-state index in [4.69, 9.17) is 0 Å². The molecule has 0 aliphatic heterocycles. The fourth-order valence-electron chi connectivity index (χ4n) is 0.636. The molecule has 72 valence electrons. The first kappa shape index (κ1) is 11.7. The van der Waals surface area contributed by atoms with Crippen molar-refractivity contribution in [2.24, 2.45) is 0 Å². The zero-order valence-corrected chi connectivity index (χ0v) is 8.94. The number of hydrogen-bond donors (Lipinski definition) is 0. The average molecular weight is 179 g/mol. The van der Waals surface area contributed by atoms with Crippen LogP contribution in [0.3, 0.4) is 0 Å². The quantitative estimate of drug-likeness (QED) is 0.360. The smallest absolute Gasteiger partial charge is 0.162 e. The van der Waals surface area contributed by atoms with E-state index in [0.717, 1.165) is 0 Å².